The Hall–Kier alpha value is -1.12. The lowest BCUT2D eigenvalue weighted by Gasteiger charge is -2.21. The zero-order chi connectivity index (χ0) is 12.8. The molecule has 0 radical (unpaired) electrons. The van der Waals surface area contributed by atoms with Gasteiger partial charge in [-0.25, -0.2) is 0 Å². The molecule has 1 fully saturated rings. The molecule has 98 valence electrons. The summed E-state index contributed by atoms with van der Waals surface area (Å²) in [6, 6.07) is 10.4. The van der Waals surface area contributed by atoms with Crippen LogP contribution in [0.1, 0.15) is 31.7 Å². The third-order valence-electron chi connectivity index (χ3n) is 3.63. The van der Waals surface area contributed by atoms with Crippen LogP contribution in [0.2, 0.25) is 0 Å². The zero-order valence-corrected chi connectivity index (χ0v) is 11.2. The van der Waals surface area contributed by atoms with Gasteiger partial charge >= 0.3 is 0 Å². The number of likely N-dealkylation sites (tertiary alicyclic amines) is 1. The topological polar surface area (TPSA) is 23.5 Å². The van der Waals surface area contributed by atoms with Crippen molar-refractivity contribution in [3.63, 3.8) is 0 Å². The van der Waals surface area contributed by atoms with Crippen LogP contribution in [0, 0.1) is 0 Å². The van der Waals surface area contributed by atoms with Crippen molar-refractivity contribution in [2.24, 2.45) is 0 Å². The SMILES string of the molecule is CC1(O)CCCN(C/C=C/c2ccccc2)CC1. The molecule has 0 bridgehead atoms. The highest BCUT2D eigenvalue weighted by Crippen LogP contribution is 2.21. The predicted molar refractivity (Wildman–Crippen MR) is 76.4 cm³/mol. The van der Waals surface area contributed by atoms with E-state index in [9.17, 15) is 5.11 Å². The standard InChI is InChI=1S/C16H23NO/c1-16(18)10-6-13-17(14-11-16)12-5-9-15-7-3-2-4-8-15/h2-5,7-9,18H,6,10-14H2,1H3/b9-5+. The van der Waals surface area contributed by atoms with E-state index in [2.05, 4.69) is 41.3 Å². The van der Waals surface area contributed by atoms with E-state index >= 15 is 0 Å². The lowest BCUT2D eigenvalue weighted by atomic mass is 9.98. The van der Waals surface area contributed by atoms with Gasteiger partial charge in [0.15, 0.2) is 0 Å². The van der Waals surface area contributed by atoms with Gasteiger partial charge in [-0.3, -0.25) is 4.90 Å². The first kappa shape index (κ1) is 13.3. The molecule has 0 saturated carbocycles. The number of hydrogen-bond acceptors (Lipinski definition) is 2. The Balaban J connectivity index is 1.82. The molecule has 1 saturated heterocycles. The summed E-state index contributed by atoms with van der Waals surface area (Å²) in [5.41, 5.74) is 0.789. The summed E-state index contributed by atoms with van der Waals surface area (Å²) < 4.78 is 0. The molecule has 1 aromatic rings. The summed E-state index contributed by atoms with van der Waals surface area (Å²) in [6.45, 7) is 5.02. The molecular formula is C16H23NO. The van der Waals surface area contributed by atoms with Gasteiger partial charge in [-0.2, -0.15) is 0 Å². The third-order valence-corrected chi connectivity index (χ3v) is 3.63. The van der Waals surface area contributed by atoms with Gasteiger partial charge in [0, 0.05) is 13.1 Å². The molecule has 1 N–H and O–H groups in total. The van der Waals surface area contributed by atoms with E-state index in [1.165, 1.54) is 5.56 Å². The quantitative estimate of drug-likeness (QED) is 0.885. The van der Waals surface area contributed by atoms with Crippen LogP contribution in [0.5, 0.6) is 0 Å². The molecule has 1 heterocycles. The second-order valence-corrected chi connectivity index (χ2v) is 5.46. The maximum absolute atomic E-state index is 10.0. The van der Waals surface area contributed by atoms with E-state index in [-0.39, 0.29) is 0 Å². The highest BCUT2D eigenvalue weighted by atomic mass is 16.3. The zero-order valence-electron chi connectivity index (χ0n) is 11.2. The molecule has 0 spiro atoms. The third kappa shape index (κ3) is 4.28. The molecule has 1 aliphatic rings. The minimum atomic E-state index is -0.460. The maximum Gasteiger partial charge on any atom is 0.0632 e. The number of benzene rings is 1. The van der Waals surface area contributed by atoms with Crippen molar-refractivity contribution in [3.05, 3.63) is 42.0 Å². The number of nitrogens with zero attached hydrogens (tertiary/aromatic N) is 1. The molecule has 1 atom stereocenters. The first-order chi connectivity index (χ1) is 8.66. The molecule has 1 unspecified atom stereocenters. The van der Waals surface area contributed by atoms with Crippen molar-refractivity contribution < 1.29 is 5.11 Å². The highest BCUT2D eigenvalue weighted by Gasteiger charge is 2.24. The summed E-state index contributed by atoms with van der Waals surface area (Å²) >= 11 is 0. The van der Waals surface area contributed by atoms with Gasteiger partial charge in [0.2, 0.25) is 0 Å². The van der Waals surface area contributed by atoms with Crippen molar-refractivity contribution in [2.75, 3.05) is 19.6 Å². The molecule has 2 rings (SSSR count). The summed E-state index contributed by atoms with van der Waals surface area (Å²) in [5.74, 6) is 0. The molecule has 0 amide bonds. The maximum atomic E-state index is 10.0. The highest BCUT2D eigenvalue weighted by molar-refractivity contribution is 5.48. The number of aliphatic hydroxyl groups is 1. The van der Waals surface area contributed by atoms with Crippen LogP contribution >= 0.6 is 0 Å². The van der Waals surface area contributed by atoms with Crippen molar-refractivity contribution in [1.29, 1.82) is 0 Å². The molecule has 18 heavy (non-hydrogen) atoms. The van der Waals surface area contributed by atoms with Crippen LogP contribution < -0.4 is 0 Å². The Morgan fingerprint density at radius 3 is 2.78 bits per heavy atom. The van der Waals surface area contributed by atoms with Gasteiger partial charge in [-0.15, -0.1) is 0 Å². The Morgan fingerprint density at radius 1 is 1.22 bits per heavy atom. The van der Waals surface area contributed by atoms with E-state index in [4.69, 9.17) is 0 Å². The number of hydrogen-bond donors (Lipinski definition) is 1. The second kappa shape index (κ2) is 6.17. The van der Waals surface area contributed by atoms with Gasteiger partial charge in [0.25, 0.3) is 0 Å². The van der Waals surface area contributed by atoms with E-state index in [1.807, 2.05) is 13.0 Å². The Kier molecular flexibility index (Phi) is 4.56. The minimum Gasteiger partial charge on any atom is -0.390 e. The summed E-state index contributed by atoms with van der Waals surface area (Å²) in [4.78, 5) is 2.42. The normalized spacial score (nSPS) is 26.3. The van der Waals surface area contributed by atoms with Gasteiger partial charge < -0.3 is 5.11 Å². The molecule has 2 nitrogen and oxygen atoms in total. The molecule has 2 heteroatoms. The van der Waals surface area contributed by atoms with Gasteiger partial charge in [0.1, 0.15) is 0 Å². The van der Waals surface area contributed by atoms with E-state index in [0.717, 1.165) is 38.9 Å². The van der Waals surface area contributed by atoms with Crippen LogP contribution in [0.4, 0.5) is 0 Å². The van der Waals surface area contributed by atoms with Crippen LogP contribution in [-0.4, -0.2) is 35.2 Å². The minimum absolute atomic E-state index is 0.460. The van der Waals surface area contributed by atoms with Crippen molar-refractivity contribution in [1.82, 2.24) is 4.90 Å². The lowest BCUT2D eigenvalue weighted by molar-refractivity contribution is 0.0450. The largest absolute Gasteiger partial charge is 0.390 e. The molecule has 1 aliphatic heterocycles. The van der Waals surface area contributed by atoms with Crippen molar-refractivity contribution >= 4 is 6.08 Å². The monoisotopic (exact) mass is 245 g/mol. The average Bonchev–Trinajstić information content (AvgIpc) is 2.52. The van der Waals surface area contributed by atoms with E-state index < -0.39 is 5.60 Å². The molecule has 0 aliphatic carbocycles. The van der Waals surface area contributed by atoms with Crippen molar-refractivity contribution in [2.45, 2.75) is 31.8 Å². The molecule has 1 aromatic carbocycles. The van der Waals surface area contributed by atoms with E-state index in [0.29, 0.717) is 0 Å². The molecular weight excluding hydrogens is 222 g/mol. The van der Waals surface area contributed by atoms with Gasteiger partial charge in [-0.05, 0) is 38.3 Å². The fourth-order valence-electron chi connectivity index (χ4n) is 2.40. The van der Waals surface area contributed by atoms with Crippen LogP contribution in [0.3, 0.4) is 0 Å². The van der Waals surface area contributed by atoms with Gasteiger partial charge in [-0.1, -0.05) is 42.5 Å². The van der Waals surface area contributed by atoms with Crippen LogP contribution in [-0.2, 0) is 0 Å². The Bertz CT molecular complexity index is 383. The fraction of sp³-hybridized carbons (Fsp3) is 0.500. The first-order valence-electron chi connectivity index (χ1n) is 6.82. The summed E-state index contributed by atoms with van der Waals surface area (Å²) in [6.07, 6.45) is 7.28. The first-order valence-corrected chi connectivity index (χ1v) is 6.82. The van der Waals surface area contributed by atoms with Gasteiger partial charge in [0.05, 0.1) is 5.60 Å². The summed E-state index contributed by atoms with van der Waals surface area (Å²) in [5, 5.41) is 10.0. The average molecular weight is 245 g/mol. The Morgan fingerprint density at radius 2 is 2.00 bits per heavy atom. The van der Waals surface area contributed by atoms with Crippen LogP contribution in [0.25, 0.3) is 6.08 Å². The van der Waals surface area contributed by atoms with Crippen LogP contribution in [0.15, 0.2) is 36.4 Å². The number of rotatable bonds is 3. The van der Waals surface area contributed by atoms with Crippen molar-refractivity contribution in [3.8, 4) is 0 Å². The fourth-order valence-corrected chi connectivity index (χ4v) is 2.40. The second-order valence-electron chi connectivity index (χ2n) is 5.46. The van der Waals surface area contributed by atoms with E-state index in [1.54, 1.807) is 0 Å². The lowest BCUT2D eigenvalue weighted by Crippen LogP contribution is -2.28. The smallest absolute Gasteiger partial charge is 0.0632 e. The molecule has 0 aromatic heterocycles. The Labute approximate surface area is 110 Å². The predicted octanol–water partition coefficient (Wildman–Crippen LogP) is 2.94. The summed E-state index contributed by atoms with van der Waals surface area (Å²) in [7, 11) is 0.